The third kappa shape index (κ3) is 2.00. The zero-order valence-corrected chi connectivity index (χ0v) is 11.1. The third-order valence-electron chi connectivity index (χ3n) is 3.89. The molecule has 1 aromatic heterocycles. The Labute approximate surface area is 107 Å². The first-order chi connectivity index (χ1) is 8.40. The lowest BCUT2D eigenvalue weighted by molar-refractivity contribution is 0.234. The molecule has 17 heavy (non-hydrogen) atoms. The van der Waals surface area contributed by atoms with Crippen LogP contribution in [0.15, 0.2) is 29.6 Å². The van der Waals surface area contributed by atoms with Crippen LogP contribution in [0.5, 0.6) is 0 Å². The first kappa shape index (κ1) is 11.2. The van der Waals surface area contributed by atoms with Crippen LogP contribution in [-0.4, -0.2) is 6.54 Å². The Morgan fingerprint density at radius 3 is 2.94 bits per heavy atom. The van der Waals surface area contributed by atoms with E-state index in [0.29, 0.717) is 6.04 Å². The predicted molar refractivity (Wildman–Crippen MR) is 75.6 cm³/mol. The van der Waals surface area contributed by atoms with E-state index < -0.39 is 0 Å². The number of nitrogens with one attached hydrogen (secondary N) is 1. The summed E-state index contributed by atoms with van der Waals surface area (Å²) in [5.74, 6) is 0.850. The molecule has 0 aliphatic heterocycles. The quantitative estimate of drug-likeness (QED) is 0.844. The maximum Gasteiger partial charge on any atom is 0.0390 e. The lowest BCUT2D eigenvalue weighted by Crippen LogP contribution is -2.32. The van der Waals surface area contributed by atoms with E-state index in [-0.39, 0.29) is 0 Å². The summed E-state index contributed by atoms with van der Waals surface area (Å²) in [5.41, 5.74) is 1.52. The number of fused-ring (bicyclic) bond motifs is 1. The molecular formula is C15H19NS. The van der Waals surface area contributed by atoms with Crippen molar-refractivity contribution in [1.82, 2.24) is 5.32 Å². The normalized spacial score (nSPS) is 18.2. The summed E-state index contributed by atoms with van der Waals surface area (Å²) >= 11 is 1.88. The third-order valence-corrected chi connectivity index (χ3v) is 4.87. The van der Waals surface area contributed by atoms with Gasteiger partial charge >= 0.3 is 0 Å². The predicted octanol–water partition coefficient (Wildman–Crippen LogP) is 4.35. The van der Waals surface area contributed by atoms with Crippen LogP contribution < -0.4 is 5.32 Å². The number of thiophene rings is 1. The van der Waals surface area contributed by atoms with Gasteiger partial charge in [-0.15, -0.1) is 11.3 Å². The molecule has 2 aromatic rings. The molecule has 1 aromatic carbocycles. The standard InChI is InChI=1S/C15H19NS/c1-2-16-14(11-5-3-6-11)13-8-4-7-12-9-10-17-15(12)13/h4,7-11,14,16H,2-3,5-6H2,1H3. The summed E-state index contributed by atoms with van der Waals surface area (Å²) in [6, 6.07) is 9.53. The Kier molecular flexibility index (Phi) is 3.17. The second-order valence-corrected chi connectivity index (χ2v) is 5.83. The Bertz CT molecular complexity index is 498. The molecule has 0 saturated heterocycles. The van der Waals surface area contributed by atoms with E-state index in [1.807, 2.05) is 11.3 Å². The monoisotopic (exact) mass is 245 g/mol. The number of hydrogen-bond donors (Lipinski definition) is 1. The van der Waals surface area contributed by atoms with E-state index in [1.54, 1.807) is 0 Å². The summed E-state index contributed by atoms with van der Waals surface area (Å²) in [4.78, 5) is 0. The van der Waals surface area contributed by atoms with Crippen molar-refractivity contribution in [3.63, 3.8) is 0 Å². The molecule has 0 bridgehead atoms. The fourth-order valence-corrected chi connectivity index (χ4v) is 3.74. The van der Waals surface area contributed by atoms with E-state index in [2.05, 4.69) is 41.9 Å². The van der Waals surface area contributed by atoms with Gasteiger partial charge in [-0.3, -0.25) is 0 Å². The molecule has 1 heterocycles. The van der Waals surface area contributed by atoms with Gasteiger partial charge in [0, 0.05) is 10.7 Å². The Hall–Kier alpha value is -0.860. The van der Waals surface area contributed by atoms with Gasteiger partial charge in [-0.2, -0.15) is 0 Å². The average molecular weight is 245 g/mol. The van der Waals surface area contributed by atoms with Crippen molar-refractivity contribution in [2.24, 2.45) is 5.92 Å². The highest BCUT2D eigenvalue weighted by molar-refractivity contribution is 7.17. The van der Waals surface area contributed by atoms with Crippen molar-refractivity contribution >= 4 is 21.4 Å². The number of rotatable bonds is 4. The van der Waals surface area contributed by atoms with Crippen LogP contribution in [0.1, 0.15) is 37.8 Å². The van der Waals surface area contributed by atoms with Crippen LogP contribution in [0.25, 0.3) is 10.1 Å². The molecule has 3 rings (SSSR count). The molecule has 1 saturated carbocycles. The summed E-state index contributed by atoms with van der Waals surface area (Å²) in [6.45, 7) is 3.27. The molecule has 0 amide bonds. The topological polar surface area (TPSA) is 12.0 Å². The van der Waals surface area contributed by atoms with Gasteiger partial charge in [0.25, 0.3) is 0 Å². The largest absolute Gasteiger partial charge is 0.310 e. The number of hydrogen-bond acceptors (Lipinski definition) is 2. The zero-order chi connectivity index (χ0) is 11.7. The molecule has 1 fully saturated rings. The Balaban J connectivity index is 2.01. The number of benzene rings is 1. The van der Waals surface area contributed by atoms with Crippen LogP contribution in [-0.2, 0) is 0 Å². The molecule has 1 atom stereocenters. The highest BCUT2D eigenvalue weighted by Crippen LogP contribution is 2.40. The first-order valence-electron chi connectivity index (χ1n) is 6.59. The summed E-state index contributed by atoms with van der Waals surface area (Å²) in [7, 11) is 0. The highest BCUT2D eigenvalue weighted by atomic mass is 32.1. The molecule has 2 heteroatoms. The first-order valence-corrected chi connectivity index (χ1v) is 7.47. The molecule has 1 aliphatic rings. The van der Waals surface area contributed by atoms with Gasteiger partial charge in [0.15, 0.2) is 0 Å². The smallest absolute Gasteiger partial charge is 0.0390 e. The molecule has 1 unspecified atom stereocenters. The van der Waals surface area contributed by atoms with Crippen LogP contribution in [0.2, 0.25) is 0 Å². The van der Waals surface area contributed by atoms with Crippen LogP contribution in [0, 0.1) is 5.92 Å². The van der Waals surface area contributed by atoms with Gasteiger partial charge in [-0.05, 0) is 47.7 Å². The van der Waals surface area contributed by atoms with Crippen LogP contribution in [0.4, 0.5) is 0 Å². The molecule has 0 spiro atoms. The zero-order valence-electron chi connectivity index (χ0n) is 10.3. The second kappa shape index (κ2) is 4.79. The van der Waals surface area contributed by atoms with Crippen molar-refractivity contribution in [3.05, 3.63) is 35.2 Å². The fraction of sp³-hybridized carbons (Fsp3) is 0.467. The summed E-state index contributed by atoms with van der Waals surface area (Å²) in [6.07, 6.45) is 4.19. The van der Waals surface area contributed by atoms with Gasteiger partial charge in [0.1, 0.15) is 0 Å². The molecule has 1 N–H and O–H groups in total. The van der Waals surface area contributed by atoms with Gasteiger partial charge in [0.05, 0.1) is 0 Å². The lowest BCUT2D eigenvalue weighted by Gasteiger charge is -2.35. The SMILES string of the molecule is CCNC(c1cccc2ccsc12)C1CCC1. The summed E-state index contributed by atoms with van der Waals surface area (Å²) < 4.78 is 1.48. The average Bonchev–Trinajstić information content (AvgIpc) is 2.73. The van der Waals surface area contributed by atoms with Crippen molar-refractivity contribution in [3.8, 4) is 0 Å². The maximum absolute atomic E-state index is 3.69. The van der Waals surface area contributed by atoms with Gasteiger partial charge in [-0.1, -0.05) is 31.5 Å². The van der Waals surface area contributed by atoms with E-state index in [0.717, 1.165) is 12.5 Å². The van der Waals surface area contributed by atoms with Gasteiger partial charge < -0.3 is 5.32 Å². The van der Waals surface area contributed by atoms with Crippen molar-refractivity contribution in [2.45, 2.75) is 32.2 Å². The van der Waals surface area contributed by atoms with E-state index in [4.69, 9.17) is 0 Å². The van der Waals surface area contributed by atoms with E-state index in [9.17, 15) is 0 Å². The minimum Gasteiger partial charge on any atom is -0.310 e. The molecule has 1 nitrogen and oxygen atoms in total. The van der Waals surface area contributed by atoms with E-state index >= 15 is 0 Å². The Morgan fingerprint density at radius 2 is 2.24 bits per heavy atom. The molecule has 1 aliphatic carbocycles. The highest BCUT2D eigenvalue weighted by Gasteiger charge is 2.28. The van der Waals surface area contributed by atoms with E-state index in [1.165, 1.54) is 34.9 Å². The van der Waals surface area contributed by atoms with Crippen molar-refractivity contribution in [2.75, 3.05) is 6.54 Å². The van der Waals surface area contributed by atoms with Crippen LogP contribution in [0.3, 0.4) is 0 Å². The maximum atomic E-state index is 3.69. The molecule has 0 radical (unpaired) electrons. The van der Waals surface area contributed by atoms with Crippen molar-refractivity contribution < 1.29 is 0 Å². The second-order valence-electron chi connectivity index (χ2n) is 4.91. The fourth-order valence-electron chi connectivity index (χ4n) is 2.78. The van der Waals surface area contributed by atoms with Crippen LogP contribution >= 0.6 is 11.3 Å². The lowest BCUT2D eigenvalue weighted by atomic mass is 9.77. The Morgan fingerprint density at radius 1 is 1.35 bits per heavy atom. The minimum atomic E-state index is 0.566. The van der Waals surface area contributed by atoms with Gasteiger partial charge in [-0.25, -0.2) is 0 Å². The minimum absolute atomic E-state index is 0.566. The summed E-state index contributed by atoms with van der Waals surface area (Å²) in [5, 5.41) is 7.29. The molecular weight excluding hydrogens is 226 g/mol. The van der Waals surface area contributed by atoms with Gasteiger partial charge in [0.2, 0.25) is 0 Å². The molecule has 90 valence electrons. The van der Waals surface area contributed by atoms with Crippen molar-refractivity contribution in [1.29, 1.82) is 0 Å².